The van der Waals surface area contributed by atoms with Crippen molar-refractivity contribution in [1.29, 1.82) is 0 Å². The van der Waals surface area contributed by atoms with Gasteiger partial charge in [-0.15, -0.1) is 0 Å². The zero-order chi connectivity index (χ0) is 22.5. The van der Waals surface area contributed by atoms with Crippen LogP contribution >= 0.6 is 0 Å². The van der Waals surface area contributed by atoms with Gasteiger partial charge in [-0.05, 0) is 50.1 Å². The SMILES string of the molecule is COc1cc(C(=O)NNC(=O)c2cc(C(C)C)nc3ccccc23)ccc1OC(C)C. The van der Waals surface area contributed by atoms with Crippen LogP contribution in [0.3, 0.4) is 0 Å². The van der Waals surface area contributed by atoms with E-state index in [9.17, 15) is 9.59 Å². The molecule has 0 aliphatic rings. The van der Waals surface area contributed by atoms with Crippen molar-refractivity contribution in [2.45, 2.75) is 39.7 Å². The van der Waals surface area contributed by atoms with Crippen LogP contribution in [0.1, 0.15) is 60.0 Å². The highest BCUT2D eigenvalue weighted by Gasteiger charge is 2.17. The van der Waals surface area contributed by atoms with Crippen LogP contribution in [0.2, 0.25) is 0 Å². The molecule has 0 saturated carbocycles. The molecule has 0 spiro atoms. The molecule has 1 heterocycles. The van der Waals surface area contributed by atoms with Crippen molar-refractivity contribution < 1.29 is 19.1 Å². The van der Waals surface area contributed by atoms with E-state index < -0.39 is 11.8 Å². The number of carbonyl (C=O) groups excluding carboxylic acids is 2. The lowest BCUT2D eigenvalue weighted by Gasteiger charge is -2.15. The minimum atomic E-state index is -0.467. The van der Waals surface area contributed by atoms with Crippen molar-refractivity contribution in [2.75, 3.05) is 7.11 Å². The number of amides is 2. The monoisotopic (exact) mass is 421 g/mol. The first-order chi connectivity index (χ1) is 14.8. The Morgan fingerprint density at radius 2 is 1.61 bits per heavy atom. The fourth-order valence-corrected chi connectivity index (χ4v) is 3.09. The minimum absolute atomic E-state index is 0.0289. The first kappa shape index (κ1) is 22.1. The van der Waals surface area contributed by atoms with Crippen LogP contribution in [0.15, 0.2) is 48.5 Å². The minimum Gasteiger partial charge on any atom is -0.493 e. The van der Waals surface area contributed by atoms with Crippen molar-refractivity contribution in [2.24, 2.45) is 0 Å². The first-order valence-electron chi connectivity index (χ1n) is 10.1. The van der Waals surface area contributed by atoms with Gasteiger partial charge in [0.1, 0.15) is 0 Å². The quantitative estimate of drug-likeness (QED) is 0.582. The molecule has 0 atom stereocenters. The molecule has 0 unspecified atom stereocenters. The van der Waals surface area contributed by atoms with Crippen molar-refractivity contribution in [3.05, 3.63) is 65.4 Å². The third-order valence-electron chi connectivity index (χ3n) is 4.65. The Balaban J connectivity index is 1.79. The molecular weight excluding hydrogens is 394 g/mol. The normalized spacial score (nSPS) is 10.9. The lowest BCUT2D eigenvalue weighted by Crippen LogP contribution is -2.41. The van der Waals surface area contributed by atoms with Crippen LogP contribution in [0.4, 0.5) is 0 Å². The van der Waals surface area contributed by atoms with Gasteiger partial charge >= 0.3 is 0 Å². The molecule has 2 N–H and O–H groups in total. The Hall–Kier alpha value is -3.61. The van der Waals surface area contributed by atoms with Gasteiger partial charge in [-0.1, -0.05) is 32.0 Å². The number of aromatic nitrogens is 1. The number of hydrogen-bond donors (Lipinski definition) is 2. The van der Waals surface area contributed by atoms with Crippen molar-refractivity contribution >= 4 is 22.7 Å². The Labute approximate surface area is 181 Å². The molecule has 0 saturated heterocycles. The number of benzene rings is 2. The smallest absolute Gasteiger partial charge is 0.270 e. The average molecular weight is 421 g/mol. The summed E-state index contributed by atoms with van der Waals surface area (Å²) in [5, 5.41) is 0.718. The van der Waals surface area contributed by atoms with Gasteiger partial charge < -0.3 is 9.47 Å². The molecule has 0 aliphatic carbocycles. The summed E-state index contributed by atoms with van der Waals surface area (Å²) in [5.41, 5.74) is 7.29. The Bertz CT molecular complexity index is 1110. The molecule has 7 nitrogen and oxygen atoms in total. The summed E-state index contributed by atoms with van der Waals surface area (Å²) in [7, 11) is 1.51. The largest absolute Gasteiger partial charge is 0.493 e. The lowest BCUT2D eigenvalue weighted by molar-refractivity contribution is 0.0847. The van der Waals surface area contributed by atoms with Gasteiger partial charge in [-0.3, -0.25) is 25.4 Å². The maximum atomic E-state index is 12.9. The molecule has 0 aliphatic heterocycles. The maximum Gasteiger partial charge on any atom is 0.270 e. The number of rotatable bonds is 6. The third kappa shape index (κ3) is 5.12. The van der Waals surface area contributed by atoms with E-state index in [1.165, 1.54) is 7.11 Å². The van der Waals surface area contributed by atoms with E-state index in [1.807, 2.05) is 52.0 Å². The number of pyridine rings is 1. The molecule has 2 aromatic carbocycles. The molecule has 1 aromatic heterocycles. The molecule has 0 radical (unpaired) electrons. The fourth-order valence-electron chi connectivity index (χ4n) is 3.09. The summed E-state index contributed by atoms with van der Waals surface area (Å²) < 4.78 is 11.0. The van der Waals surface area contributed by atoms with Gasteiger partial charge in [0.05, 0.1) is 24.3 Å². The number of ether oxygens (including phenoxy) is 2. The number of fused-ring (bicyclic) bond motifs is 1. The zero-order valence-electron chi connectivity index (χ0n) is 18.4. The van der Waals surface area contributed by atoms with E-state index >= 15 is 0 Å². The highest BCUT2D eigenvalue weighted by Crippen LogP contribution is 2.29. The van der Waals surface area contributed by atoms with E-state index in [1.54, 1.807) is 24.3 Å². The molecule has 31 heavy (non-hydrogen) atoms. The van der Waals surface area contributed by atoms with Crippen LogP contribution in [0.5, 0.6) is 11.5 Å². The van der Waals surface area contributed by atoms with E-state index in [0.29, 0.717) is 22.6 Å². The predicted molar refractivity (Wildman–Crippen MR) is 120 cm³/mol. The number of hydrazine groups is 1. The molecule has 3 rings (SSSR count). The molecule has 7 heteroatoms. The zero-order valence-corrected chi connectivity index (χ0v) is 18.4. The van der Waals surface area contributed by atoms with Crippen molar-refractivity contribution in [3.63, 3.8) is 0 Å². The summed E-state index contributed by atoms with van der Waals surface area (Å²) in [5.74, 6) is 0.257. The van der Waals surface area contributed by atoms with Gasteiger partial charge in [-0.25, -0.2) is 0 Å². The van der Waals surface area contributed by atoms with Gasteiger partial charge in [0.25, 0.3) is 11.8 Å². The average Bonchev–Trinajstić information content (AvgIpc) is 2.76. The van der Waals surface area contributed by atoms with E-state index in [4.69, 9.17) is 9.47 Å². The van der Waals surface area contributed by atoms with Crippen molar-refractivity contribution in [1.82, 2.24) is 15.8 Å². The van der Waals surface area contributed by atoms with Gasteiger partial charge in [0, 0.05) is 16.6 Å². The predicted octanol–water partition coefficient (Wildman–Crippen LogP) is 4.23. The van der Waals surface area contributed by atoms with Gasteiger partial charge in [0.2, 0.25) is 0 Å². The highest BCUT2D eigenvalue weighted by atomic mass is 16.5. The molecule has 162 valence electrons. The van der Waals surface area contributed by atoms with Gasteiger partial charge in [-0.2, -0.15) is 0 Å². The second-order valence-corrected chi connectivity index (χ2v) is 7.71. The van der Waals surface area contributed by atoms with Crippen molar-refractivity contribution in [3.8, 4) is 11.5 Å². The summed E-state index contributed by atoms with van der Waals surface area (Å²) in [4.78, 5) is 30.1. The van der Waals surface area contributed by atoms with E-state index in [-0.39, 0.29) is 12.0 Å². The van der Waals surface area contributed by atoms with Crippen LogP contribution in [-0.2, 0) is 0 Å². The highest BCUT2D eigenvalue weighted by molar-refractivity contribution is 6.07. The summed E-state index contributed by atoms with van der Waals surface area (Å²) >= 11 is 0. The van der Waals surface area contributed by atoms with Crippen LogP contribution in [0.25, 0.3) is 10.9 Å². The Kier molecular flexibility index (Phi) is 6.74. The molecule has 0 fully saturated rings. The van der Waals surface area contributed by atoms with Crippen LogP contribution in [0, 0.1) is 0 Å². The molecule has 0 bridgehead atoms. The Morgan fingerprint density at radius 1 is 0.903 bits per heavy atom. The fraction of sp³-hybridized carbons (Fsp3) is 0.292. The third-order valence-corrected chi connectivity index (χ3v) is 4.65. The summed E-state index contributed by atoms with van der Waals surface area (Å²) in [6.07, 6.45) is -0.0289. The van der Waals surface area contributed by atoms with Crippen LogP contribution in [-0.4, -0.2) is 30.0 Å². The number of carbonyl (C=O) groups is 2. The van der Waals surface area contributed by atoms with Crippen LogP contribution < -0.4 is 20.3 Å². The standard InChI is InChI=1S/C24H27N3O4/c1-14(2)20-13-18(17-8-6-7-9-19(17)25-20)24(29)27-26-23(28)16-10-11-21(31-15(3)4)22(12-16)30-5/h6-15H,1-5H3,(H,26,28)(H,27,29). The first-order valence-corrected chi connectivity index (χ1v) is 10.1. The van der Waals surface area contributed by atoms with E-state index in [2.05, 4.69) is 15.8 Å². The number of nitrogens with zero attached hydrogens (tertiary/aromatic N) is 1. The number of hydrogen-bond acceptors (Lipinski definition) is 5. The second kappa shape index (κ2) is 9.47. The number of para-hydroxylation sites is 1. The van der Waals surface area contributed by atoms with E-state index in [0.717, 1.165) is 16.6 Å². The number of methoxy groups -OCH3 is 1. The summed E-state index contributed by atoms with van der Waals surface area (Å²) in [6.45, 7) is 7.84. The molecule has 2 amide bonds. The molecular formula is C24H27N3O4. The second-order valence-electron chi connectivity index (χ2n) is 7.71. The van der Waals surface area contributed by atoms with Gasteiger partial charge in [0.15, 0.2) is 11.5 Å². The topological polar surface area (TPSA) is 89.6 Å². The summed E-state index contributed by atoms with van der Waals surface area (Å²) in [6, 6.07) is 14.0. The Morgan fingerprint density at radius 3 is 2.29 bits per heavy atom. The lowest BCUT2D eigenvalue weighted by atomic mass is 10.0. The maximum absolute atomic E-state index is 12.9. The molecule has 3 aromatic rings. The number of nitrogens with one attached hydrogen (secondary N) is 2.